The predicted octanol–water partition coefficient (Wildman–Crippen LogP) is 4.18. The molecule has 0 atom stereocenters. The molecule has 0 saturated carbocycles. The van der Waals surface area contributed by atoms with Gasteiger partial charge in [-0.1, -0.05) is 36.4 Å². The van der Waals surface area contributed by atoms with E-state index in [1.54, 1.807) is 6.92 Å². The van der Waals surface area contributed by atoms with Gasteiger partial charge in [0.15, 0.2) is 0 Å². The molecule has 1 heterocycles. The summed E-state index contributed by atoms with van der Waals surface area (Å²) in [5, 5.41) is 3.37. The van der Waals surface area contributed by atoms with Gasteiger partial charge in [-0.05, 0) is 35.7 Å². The Bertz CT molecular complexity index is 797. The second kappa shape index (κ2) is 8.32. The highest BCUT2D eigenvalue weighted by molar-refractivity contribution is 5.71. The number of nitrogens with one attached hydrogen (secondary N) is 1. The molecule has 1 aliphatic rings. The van der Waals surface area contributed by atoms with E-state index in [1.807, 2.05) is 24.3 Å². The second-order valence-corrected chi connectivity index (χ2v) is 6.88. The predicted molar refractivity (Wildman–Crippen MR) is 98.5 cm³/mol. The second-order valence-electron chi connectivity index (χ2n) is 6.88. The van der Waals surface area contributed by atoms with Gasteiger partial charge in [0, 0.05) is 6.54 Å². The highest BCUT2D eigenvalue weighted by Crippen LogP contribution is 2.31. The van der Waals surface area contributed by atoms with Crippen LogP contribution in [0.1, 0.15) is 24.5 Å². The van der Waals surface area contributed by atoms with Crippen LogP contribution in [0.4, 0.5) is 13.2 Å². The van der Waals surface area contributed by atoms with E-state index in [4.69, 9.17) is 9.47 Å². The molecule has 1 aliphatic heterocycles. The molecule has 0 bridgehead atoms. The number of hydrogen-bond acceptors (Lipinski definition) is 4. The van der Waals surface area contributed by atoms with Crippen molar-refractivity contribution in [3.8, 4) is 11.1 Å². The van der Waals surface area contributed by atoms with Gasteiger partial charge < -0.3 is 14.8 Å². The summed E-state index contributed by atoms with van der Waals surface area (Å²) in [6.07, 6.45) is -4.08. The first-order valence-corrected chi connectivity index (χ1v) is 9.06. The first kappa shape index (κ1) is 20.4. The van der Waals surface area contributed by atoms with E-state index >= 15 is 0 Å². The molecule has 1 saturated heterocycles. The molecule has 7 heteroatoms. The quantitative estimate of drug-likeness (QED) is 0.717. The summed E-state index contributed by atoms with van der Waals surface area (Å²) in [6.45, 7) is 3.58. The fourth-order valence-electron chi connectivity index (χ4n) is 3.06. The van der Waals surface area contributed by atoms with Gasteiger partial charge in [0.05, 0.1) is 37.3 Å². The van der Waals surface area contributed by atoms with Crippen LogP contribution in [0.25, 0.3) is 11.1 Å². The monoisotopic (exact) mass is 393 g/mol. The zero-order valence-corrected chi connectivity index (χ0v) is 15.5. The summed E-state index contributed by atoms with van der Waals surface area (Å²) < 4.78 is 48.3. The SMILES string of the molecule is CCOC(=O)CC1(NCc2ccc(-c3ccc(C(F)(F)F)cc3)cc2)COC1. The molecule has 2 aromatic rings. The number of halogens is 3. The summed E-state index contributed by atoms with van der Waals surface area (Å²) in [4.78, 5) is 11.8. The van der Waals surface area contributed by atoms with Crippen LogP contribution in [0.2, 0.25) is 0 Å². The van der Waals surface area contributed by atoms with E-state index in [0.717, 1.165) is 28.8 Å². The number of rotatable bonds is 7. The maximum atomic E-state index is 12.7. The summed E-state index contributed by atoms with van der Waals surface area (Å²) in [6, 6.07) is 12.7. The number of carbonyl (C=O) groups is 1. The first-order chi connectivity index (χ1) is 13.3. The van der Waals surface area contributed by atoms with Gasteiger partial charge in [0.2, 0.25) is 0 Å². The number of esters is 1. The Labute approximate surface area is 161 Å². The van der Waals surface area contributed by atoms with Gasteiger partial charge in [-0.3, -0.25) is 4.79 Å². The van der Waals surface area contributed by atoms with Crippen LogP contribution in [0.15, 0.2) is 48.5 Å². The molecule has 1 fully saturated rings. The lowest BCUT2D eigenvalue weighted by molar-refractivity contribution is -0.152. The van der Waals surface area contributed by atoms with E-state index in [0.29, 0.717) is 26.4 Å². The standard InChI is InChI=1S/C21H22F3NO3/c1-2-28-19(26)11-20(13-27-14-20)25-12-15-3-5-16(6-4-15)17-7-9-18(10-8-17)21(22,23)24/h3-10,25H,2,11-14H2,1H3. The molecule has 150 valence electrons. The molecule has 0 unspecified atom stereocenters. The average molecular weight is 393 g/mol. The summed E-state index contributed by atoms with van der Waals surface area (Å²) in [5.41, 5.74) is 1.50. The van der Waals surface area contributed by atoms with Crippen molar-refractivity contribution < 1.29 is 27.4 Å². The minimum atomic E-state index is -4.33. The van der Waals surface area contributed by atoms with Crippen LogP contribution in [-0.4, -0.2) is 31.3 Å². The van der Waals surface area contributed by atoms with E-state index in [-0.39, 0.29) is 12.4 Å². The number of carbonyl (C=O) groups excluding carboxylic acids is 1. The van der Waals surface area contributed by atoms with E-state index in [2.05, 4.69) is 5.32 Å². The van der Waals surface area contributed by atoms with Crippen molar-refractivity contribution in [2.24, 2.45) is 0 Å². The highest BCUT2D eigenvalue weighted by Gasteiger charge is 2.40. The third kappa shape index (κ3) is 4.91. The molecule has 0 aliphatic carbocycles. The molecule has 0 amide bonds. The zero-order valence-electron chi connectivity index (χ0n) is 15.5. The van der Waals surface area contributed by atoms with E-state index in [1.165, 1.54) is 12.1 Å². The lowest BCUT2D eigenvalue weighted by Gasteiger charge is -2.41. The van der Waals surface area contributed by atoms with Crippen molar-refractivity contribution in [3.63, 3.8) is 0 Å². The van der Waals surface area contributed by atoms with Crippen LogP contribution < -0.4 is 5.32 Å². The molecule has 1 N–H and O–H groups in total. The molecule has 28 heavy (non-hydrogen) atoms. The summed E-state index contributed by atoms with van der Waals surface area (Å²) in [7, 11) is 0. The van der Waals surface area contributed by atoms with Crippen molar-refractivity contribution >= 4 is 5.97 Å². The van der Waals surface area contributed by atoms with Crippen LogP contribution in [0, 0.1) is 0 Å². The molecule has 0 spiro atoms. The minimum absolute atomic E-state index is 0.254. The largest absolute Gasteiger partial charge is 0.466 e. The number of ether oxygens (including phenoxy) is 2. The normalized spacial score (nSPS) is 15.7. The van der Waals surface area contributed by atoms with Crippen LogP contribution in [0.3, 0.4) is 0 Å². The Balaban J connectivity index is 1.61. The average Bonchev–Trinajstić information content (AvgIpc) is 2.64. The summed E-state index contributed by atoms with van der Waals surface area (Å²) in [5.74, 6) is -0.254. The number of alkyl halides is 3. The van der Waals surface area contributed by atoms with E-state index < -0.39 is 17.3 Å². The fraction of sp³-hybridized carbons (Fsp3) is 0.381. The van der Waals surface area contributed by atoms with Gasteiger partial charge in [-0.15, -0.1) is 0 Å². The Hall–Kier alpha value is -2.38. The third-order valence-electron chi connectivity index (χ3n) is 4.71. The van der Waals surface area contributed by atoms with Gasteiger partial charge in [0.25, 0.3) is 0 Å². The maximum Gasteiger partial charge on any atom is 0.416 e. The molecule has 0 radical (unpaired) electrons. The van der Waals surface area contributed by atoms with Gasteiger partial charge >= 0.3 is 12.1 Å². The van der Waals surface area contributed by atoms with Crippen molar-refractivity contribution in [2.75, 3.05) is 19.8 Å². The minimum Gasteiger partial charge on any atom is -0.466 e. The third-order valence-corrected chi connectivity index (χ3v) is 4.71. The Kier molecular flexibility index (Phi) is 6.05. The smallest absolute Gasteiger partial charge is 0.416 e. The van der Waals surface area contributed by atoms with E-state index in [9.17, 15) is 18.0 Å². The number of hydrogen-bond donors (Lipinski definition) is 1. The molecular weight excluding hydrogens is 371 g/mol. The fourth-order valence-corrected chi connectivity index (χ4v) is 3.06. The topological polar surface area (TPSA) is 47.6 Å². The number of benzene rings is 2. The van der Waals surface area contributed by atoms with Crippen molar-refractivity contribution in [2.45, 2.75) is 31.6 Å². The highest BCUT2D eigenvalue weighted by atomic mass is 19.4. The molecule has 3 rings (SSSR count). The maximum absolute atomic E-state index is 12.7. The molecule has 0 aromatic heterocycles. The molecule has 2 aromatic carbocycles. The lowest BCUT2D eigenvalue weighted by Crippen LogP contribution is -2.61. The van der Waals surface area contributed by atoms with Gasteiger partial charge in [-0.2, -0.15) is 13.2 Å². The van der Waals surface area contributed by atoms with Crippen LogP contribution in [0.5, 0.6) is 0 Å². The lowest BCUT2D eigenvalue weighted by atomic mass is 9.92. The van der Waals surface area contributed by atoms with Crippen LogP contribution >= 0.6 is 0 Å². The van der Waals surface area contributed by atoms with Crippen LogP contribution in [-0.2, 0) is 27.0 Å². The first-order valence-electron chi connectivity index (χ1n) is 9.06. The van der Waals surface area contributed by atoms with Crippen molar-refractivity contribution in [1.29, 1.82) is 0 Å². The Morgan fingerprint density at radius 1 is 1.07 bits per heavy atom. The Morgan fingerprint density at radius 2 is 1.64 bits per heavy atom. The Morgan fingerprint density at radius 3 is 2.11 bits per heavy atom. The molecule has 4 nitrogen and oxygen atoms in total. The van der Waals surface area contributed by atoms with Crippen molar-refractivity contribution in [3.05, 3.63) is 59.7 Å². The van der Waals surface area contributed by atoms with Crippen molar-refractivity contribution in [1.82, 2.24) is 5.32 Å². The molecular formula is C21H22F3NO3. The summed E-state index contributed by atoms with van der Waals surface area (Å²) >= 11 is 0. The van der Waals surface area contributed by atoms with Gasteiger partial charge in [-0.25, -0.2) is 0 Å². The zero-order chi connectivity index (χ0) is 20.2. The van der Waals surface area contributed by atoms with Gasteiger partial charge in [0.1, 0.15) is 0 Å².